The van der Waals surface area contributed by atoms with E-state index in [1.165, 1.54) is 4.90 Å². The Kier molecular flexibility index (Phi) is 4.33. The monoisotopic (exact) mass is 343 g/mol. The number of amides is 3. The van der Waals surface area contributed by atoms with Crippen LogP contribution in [0.15, 0.2) is 24.4 Å². The number of urea groups is 1. The van der Waals surface area contributed by atoms with Crippen LogP contribution in [0.5, 0.6) is 0 Å². The molecule has 4 rings (SSSR count). The van der Waals surface area contributed by atoms with Gasteiger partial charge in [0.1, 0.15) is 11.4 Å². The van der Waals surface area contributed by atoms with E-state index >= 15 is 0 Å². The average molecular weight is 343 g/mol. The number of pyridine rings is 1. The highest BCUT2D eigenvalue weighted by atomic mass is 16.2. The Bertz CT molecular complexity index is 636. The highest BCUT2D eigenvalue weighted by Crippen LogP contribution is 2.33. The van der Waals surface area contributed by atoms with Crippen molar-refractivity contribution in [3.63, 3.8) is 0 Å². The van der Waals surface area contributed by atoms with Crippen molar-refractivity contribution in [2.24, 2.45) is 0 Å². The zero-order valence-electron chi connectivity index (χ0n) is 14.5. The fourth-order valence-corrected chi connectivity index (χ4v) is 4.16. The maximum atomic E-state index is 12.8. The van der Waals surface area contributed by atoms with Gasteiger partial charge in [0.2, 0.25) is 0 Å². The molecule has 25 heavy (non-hydrogen) atoms. The van der Waals surface area contributed by atoms with Gasteiger partial charge in [0.25, 0.3) is 5.91 Å². The van der Waals surface area contributed by atoms with Gasteiger partial charge in [0.05, 0.1) is 6.67 Å². The van der Waals surface area contributed by atoms with Gasteiger partial charge < -0.3 is 10.2 Å². The second kappa shape index (κ2) is 6.63. The molecule has 0 radical (unpaired) electrons. The van der Waals surface area contributed by atoms with Gasteiger partial charge >= 0.3 is 6.03 Å². The molecule has 2 saturated heterocycles. The minimum Gasteiger partial charge on any atom is -0.354 e. The number of carbonyl (C=O) groups is 2. The first kappa shape index (κ1) is 16.3. The van der Waals surface area contributed by atoms with E-state index < -0.39 is 5.54 Å². The second-order valence-corrected chi connectivity index (χ2v) is 7.24. The van der Waals surface area contributed by atoms with Crippen LogP contribution < -0.4 is 10.2 Å². The van der Waals surface area contributed by atoms with Gasteiger partial charge in [-0.2, -0.15) is 0 Å². The number of rotatable bonds is 3. The van der Waals surface area contributed by atoms with Gasteiger partial charge in [-0.15, -0.1) is 0 Å². The Morgan fingerprint density at radius 3 is 2.48 bits per heavy atom. The van der Waals surface area contributed by atoms with E-state index in [2.05, 4.69) is 20.1 Å². The minimum atomic E-state index is -0.620. The summed E-state index contributed by atoms with van der Waals surface area (Å²) in [4.78, 5) is 35.4. The fraction of sp³-hybridized carbons (Fsp3) is 0.611. The molecule has 1 spiro atoms. The summed E-state index contributed by atoms with van der Waals surface area (Å²) in [6, 6.07) is 5.70. The van der Waals surface area contributed by atoms with E-state index in [-0.39, 0.29) is 11.9 Å². The van der Waals surface area contributed by atoms with E-state index in [0.717, 1.165) is 64.1 Å². The molecule has 2 aliphatic heterocycles. The Labute approximate surface area is 148 Å². The number of anilines is 1. The van der Waals surface area contributed by atoms with Crippen molar-refractivity contribution >= 4 is 17.8 Å². The summed E-state index contributed by atoms with van der Waals surface area (Å²) in [6.07, 6.45) is 6.55. The van der Waals surface area contributed by atoms with Gasteiger partial charge in [-0.25, -0.2) is 14.7 Å². The number of piperazine rings is 1. The number of hydrogen-bond acceptors (Lipinski definition) is 5. The summed E-state index contributed by atoms with van der Waals surface area (Å²) < 4.78 is 0. The highest BCUT2D eigenvalue weighted by molar-refractivity contribution is 6.07. The third-order valence-electron chi connectivity index (χ3n) is 5.64. The molecule has 3 heterocycles. The lowest BCUT2D eigenvalue weighted by atomic mass is 9.82. The zero-order valence-corrected chi connectivity index (χ0v) is 14.5. The number of nitrogens with zero attached hydrogens (tertiary/aromatic N) is 4. The van der Waals surface area contributed by atoms with E-state index in [1.807, 2.05) is 18.2 Å². The van der Waals surface area contributed by atoms with Crippen molar-refractivity contribution in [2.75, 3.05) is 37.7 Å². The molecule has 7 heteroatoms. The van der Waals surface area contributed by atoms with E-state index in [0.29, 0.717) is 6.67 Å². The topological polar surface area (TPSA) is 68.8 Å². The maximum absolute atomic E-state index is 12.8. The summed E-state index contributed by atoms with van der Waals surface area (Å²) in [7, 11) is 0. The summed E-state index contributed by atoms with van der Waals surface area (Å²) in [5, 5.41) is 2.98. The molecule has 7 nitrogen and oxygen atoms in total. The van der Waals surface area contributed by atoms with Crippen LogP contribution in [-0.4, -0.2) is 65.1 Å². The summed E-state index contributed by atoms with van der Waals surface area (Å²) in [5.41, 5.74) is -0.620. The Morgan fingerprint density at radius 1 is 1.04 bits per heavy atom. The third kappa shape index (κ3) is 3.08. The molecule has 0 unspecified atom stereocenters. The normalized spacial score (nSPS) is 24.0. The van der Waals surface area contributed by atoms with Crippen molar-refractivity contribution < 1.29 is 9.59 Å². The number of hydrogen-bond donors (Lipinski definition) is 1. The minimum absolute atomic E-state index is 0.0237. The number of aromatic nitrogens is 1. The Morgan fingerprint density at radius 2 is 1.80 bits per heavy atom. The molecule has 0 atom stereocenters. The van der Waals surface area contributed by atoms with E-state index in [4.69, 9.17) is 0 Å². The second-order valence-electron chi connectivity index (χ2n) is 7.24. The van der Waals surface area contributed by atoms with Crippen LogP contribution in [0.4, 0.5) is 10.6 Å². The van der Waals surface area contributed by atoms with Crippen LogP contribution in [0.25, 0.3) is 0 Å². The fourth-order valence-electron chi connectivity index (χ4n) is 4.16. The van der Waals surface area contributed by atoms with Crippen LogP contribution in [0.2, 0.25) is 0 Å². The molecule has 1 N–H and O–H groups in total. The van der Waals surface area contributed by atoms with Crippen molar-refractivity contribution in [3.05, 3.63) is 24.4 Å². The standard InChI is InChI=1S/C18H25N5O2/c24-16-18(7-3-1-4-8-18)20-17(25)23(16)14-21-10-12-22(13-11-21)15-6-2-5-9-19-15/h2,5-6,9H,1,3-4,7-8,10-14H2,(H,20,25). The van der Waals surface area contributed by atoms with Gasteiger partial charge in [-0.05, 0) is 25.0 Å². The summed E-state index contributed by atoms with van der Waals surface area (Å²) >= 11 is 0. The first-order chi connectivity index (χ1) is 12.2. The van der Waals surface area contributed by atoms with Gasteiger partial charge in [0.15, 0.2) is 0 Å². The number of carbonyl (C=O) groups excluding carboxylic acids is 2. The van der Waals surface area contributed by atoms with Crippen LogP contribution in [0.1, 0.15) is 32.1 Å². The molecule has 1 aromatic heterocycles. The van der Waals surface area contributed by atoms with Crippen LogP contribution in [0.3, 0.4) is 0 Å². The lowest BCUT2D eigenvalue weighted by molar-refractivity contribution is -0.133. The molecule has 3 aliphatic rings. The third-order valence-corrected chi connectivity index (χ3v) is 5.64. The molecule has 134 valence electrons. The van der Waals surface area contributed by atoms with E-state index in [9.17, 15) is 9.59 Å². The predicted octanol–water partition coefficient (Wildman–Crippen LogP) is 1.42. The Hall–Kier alpha value is -2.15. The van der Waals surface area contributed by atoms with E-state index in [1.54, 1.807) is 6.20 Å². The highest BCUT2D eigenvalue weighted by Gasteiger charge is 2.51. The van der Waals surface area contributed by atoms with Crippen LogP contribution >= 0.6 is 0 Å². The molecule has 1 aromatic rings. The quantitative estimate of drug-likeness (QED) is 0.841. The van der Waals surface area contributed by atoms with Crippen molar-refractivity contribution in [3.8, 4) is 0 Å². The lowest BCUT2D eigenvalue weighted by Crippen LogP contribution is -2.52. The number of imide groups is 1. The first-order valence-electron chi connectivity index (χ1n) is 9.20. The largest absolute Gasteiger partial charge is 0.354 e. The maximum Gasteiger partial charge on any atom is 0.326 e. The van der Waals surface area contributed by atoms with Crippen LogP contribution in [0, 0.1) is 0 Å². The molecule has 0 bridgehead atoms. The van der Waals surface area contributed by atoms with Gasteiger partial charge in [-0.3, -0.25) is 9.69 Å². The molecular formula is C18H25N5O2. The van der Waals surface area contributed by atoms with Crippen molar-refractivity contribution in [2.45, 2.75) is 37.6 Å². The average Bonchev–Trinajstić information content (AvgIpc) is 2.88. The predicted molar refractivity (Wildman–Crippen MR) is 94.1 cm³/mol. The molecule has 1 aliphatic carbocycles. The molecule has 3 fully saturated rings. The first-order valence-corrected chi connectivity index (χ1v) is 9.20. The molecule has 1 saturated carbocycles. The lowest BCUT2D eigenvalue weighted by Gasteiger charge is -2.37. The molecule has 3 amide bonds. The van der Waals surface area contributed by atoms with Crippen LogP contribution in [-0.2, 0) is 4.79 Å². The SMILES string of the molecule is O=C1NC2(CCCCC2)C(=O)N1CN1CCN(c2ccccn2)CC1. The molecule has 0 aromatic carbocycles. The zero-order chi connectivity index (χ0) is 17.3. The summed E-state index contributed by atoms with van der Waals surface area (Å²) in [5.74, 6) is 0.961. The Balaban J connectivity index is 1.35. The van der Waals surface area contributed by atoms with Gasteiger partial charge in [0, 0.05) is 32.4 Å². The van der Waals surface area contributed by atoms with Gasteiger partial charge in [-0.1, -0.05) is 25.3 Å². The molecular weight excluding hydrogens is 318 g/mol. The summed E-state index contributed by atoms with van der Waals surface area (Å²) in [6.45, 7) is 3.74. The van der Waals surface area contributed by atoms with Crippen molar-refractivity contribution in [1.82, 2.24) is 20.1 Å². The van der Waals surface area contributed by atoms with Crippen molar-refractivity contribution in [1.29, 1.82) is 0 Å². The number of nitrogens with one attached hydrogen (secondary N) is 1. The smallest absolute Gasteiger partial charge is 0.326 e.